The van der Waals surface area contributed by atoms with Crippen molar-refractivity contribution in [2.45, 2.75) is 17.9 Å². The fraction of sp³-hybridized carbons (Fsp3) is 0.158. The summed E-state index contributed by atoms with van der Waals surface area (Å²) in [6, 6.07) is 15.3. The van der Waals surface area contributed by atoms with Gasteiger partial charge in [0.25, 0.3) is 5.69 Å². The van der Waals surface area contributed by atoms with E-state index in [0.29, 0.717) is 0 Å². The van der Waals surface area contributed by atoms with Crippen molar-refractivity contribution in [3.63, 3.8) is 0 Å². The number of benzene rings is 2. The van der Waals surface area contributed by atoms with Gasteiger partial charge in [-0.25, -0.2) is 13.1 Å². The van der Waals surface area contributed by atoms with Gasteiger partial charge in [-0.2, -0.15) is 0 Å². The average Bonchev–Trinajstić information content (AvgIpc) is 3.21. The molecule has 0 fully saturated rings. The first-order chi connectivity index (χ1) is 13.3. The highest BCUT2D eigenvalue weighted by Crippen LogP contribution is 2.35. The van der Waals surface area contributed by atoms with Gasteiger partial charge in [0.2, 0.25) is 10.0 Å². The Morgan fingerprint density at radius 1 is 1.11 bits per heavy atom. The molecule has 146 valence electrons. The normalized spacial score (nSPS) is 12.5. The Balaban J connectivity index is 2.05. The maximum absolute atomic E-state index is 12.0. The third-order valence-electron chi connectivity index (χ3n) is 4.28. The van der Waals surface area contributed by atoms with Gasteiger partial charge in [-0.1, -0.05) is 35.9 Å². The zero-order chi connectivity index (χ0) is 20.3. The number of thiophene rings is 1. The van der Waals surface area contributed by atoms with E-state index in [2.05, 4.69) is 10.0 Å². The summed E-state index contributed by atoms with van der Waals surface area (Å²) < 4.78 is 26.2. The van der Waals surface area contributed by atoms with Gasteiger partial charge in [0, 0.05) is 10.9 Å². The number of sulfonamides is 1. The highest BCUT2D eigenvalue weighted by Gasteiger charge is 2.23. The molecule has 0 unspecified atom stereocenters. The molecule has 0 aliphatic rings. The van der Waals surface area contributed by atoms with Gasteiger partial charge < -0.3 is 5.32 Å². The van der Waals surface area contributed by atoms with Crippen LogP contribution in [-0.4, -0.2) is 20.4 Å². The molecule has 1 aromatic heterocycles. The largest absolute Gasteiger partial charge is 0.368 e. The molecule has 2 N–H and O–H groups in total. The standard InChI is InChI=1S/C19H19N3O4S2/c1-13-5-7-14(8-6-13)19(18-4-3-11-27-18)21-16-10-9-15(28(25,26)20-2)12-17(16)22(23)24/h3-12,19-21H,1-2H3/t19-/m1/s1. The molecule has 0 spiro atoms. The van der Waals surface area contributed by atoms with Crippen molar-refractivity contribution in [3.05, 3.63) is 86.1 Å². The van der Waals surface area contributed by atoms with Crippen LogP contribution in [0.2, 0.25) is 0 Å². The van der Waals surface area contributed by atoms with Crippen molar-refractivity contribution in [3.8, 4) is 0 Å². The third kappa shape index (κ3) is 4.22. The average molecular weight is 418 g/mol. The lowest BCUT2D eigenvalue weighted by Crippen LogP contribution is -2.19. The van der Waals surface area contributed by atoms with Gasteiger partial charge in [-0.15, -0.1) is 11.3 Å². The summed E-state index contributed by atoms with van der Waals surface area (Å²) in [5.74, 6) is 0. The second-order valence-electron chi connectivity index (χ2n) is 6.15. The molecule has 1 heterocycles. The molecule has 3 rings (SSSR count). The quantitative estimate of drug-likeness (QED) is 0.446. The Labute approximate surface area is 167 Å². The summed E-state index contributed by atoms with van der Waals surface area (Å²) in [7, 11) is -2.52. The molecular weight excluding hydrogens is 398 g/mol. The fourth-order valence-electron chi connectivity index (χ4n) is 2.76. The van der Waals surface area contributed by atoms with Gasteiger partial charge in [-0.05, 0) is 43.1 Å². The molecule has 28 heavy (non-hydrogen) atoms. The van der Waals surface area contributed by atoms with E-state index in [-0.39, 0.29) is 22.3 Å². The summed E-state index contributed by atoms with van der Waals surface area (Å²) in [5, 5.41) is 16.7. The highest BCUT2D eigenvalue weighted by atomic mass is 32.2. The predicted octanol–water partition coefficient (Wildman–Crippen LogP) is 4.07. The zero-order valence-corrected chi connectivity index (χ0v) is 16.9. The van der Waals surface area contributed by atoms with Crippen molar-refractivity contribution < 1.29 is 13.3 Å². The topological polar surface area (TPSA) is 101 Å². The van der Waals surface area contributed by atoms with Crippen molar-refractivity contribution in [2.24, 2.45) is 0 Å². The number of nitrogens with zero attached hydrogens (tertiary/aromatic N) is 1. The number of nitro benzene ring substituents is 1. The van der Waals surface area contributed by atoms with Crippen LogP contribution in [0.4, 0.5) is 11.4 Å². The minimum Gasteiger partial charge on any atom is -0.368 e. The van der Waals surface area contributed by atoms with Crippen LogP contribution in [0.1, 0.15) is 22.0 Å². The SMILES string of the molecule is CNS(=O)(=O)c1ccc(N[C@H](c2ccc(C)cc2)c2cccs2)c([N+](=O)[O-])c1. The summed E-state index contributed by atoms with van der Waals surface area (Å²) in [5.41, 5.74) is 2.01. The van der Waals surface area contributed by atoms with Crippen LogP contribution in [0.25, 0.3) is 0 Å². The van der Waals surface area contributed by atoms with Crippen LogP contribution in [0.15, 0.2) is 64.9 Å². The van der Waals surface area contributed by atoms with E-state index >= 15 is 0 Å². The Hall–Kier alpha value is -2.75. The van der Waals surface area contributed by atoms with E-state index in [1.165, 1.54) is 30.5 Å². The number of rotatable bonds is 7. The number of aryl methyl sites for hydroxylation is 1. The molecule has 2 aromatic carbocycles. The van der Waals surface area contributed by atoms with Crippen LogP contribution >= 0.6 is 11.3 Å². The molecule has 0 saturated carbocycles. The Kier molecular flexibility index (Phi) is 5.78. The van der Waals surface area contributed by atoms with Crippen molar-refractivity contribution in [1.29, 1.82) is 0 Å². The van der Waals surface area contributed by atoms with Crippen LogP contribution in [0.3, 0.4) is 0 Å². The van der Waals surface area contributed by atoms with Gasteiger partial charge in [0.1, 0.15) is 5.69 Å². The number of anilines is 1. The minimum atomic E-state index is -3.78. The smallest absolute Gasteiger partial charge is 0.293 e. The van der Waals surface area contributed by atoms with E-state index in [4.69, 9.17) is 0 Å². The lowest BCUT2D eigenvalue weighted by molar-refractivity contribution is -0.384. The predicted molar refractivity (Wildman–Crippen MR) is 110 cm³/mol. The van der Waals surface area contributed by atoms with E-state index < -0.39 is 14.9 Å². The Morgan fingerprint density at radius 3 is 2.39 bits per heavy atom. The van der Waals surface area contributed by atoms with Crippen molar-refractivity contribution >= 4 is 32.7 Å². The Bertz CT molecular complexity index is 1080. The van der Waals surface area contributed by atoms with Crippen LogP contribution in [0.5, 0.6) is 0 Å². The van der Waals surface area contributed by atoms with Crippen molar-refractivity contribution in [1.82, 2.24) is 4.72 Å². The molecule has 0 bridgehead atoms. The van der Waals surface area contributed by atoms with E-state index in [0.717, 1.165) is 22.1 Å². The van der Waals surface area contributed by atoms with E-state index in [9.17, 15) is 18.5 Å². The summed E-state index contributed by atoms with van der Waals surface area (Å²) >= 11 is 1.54. The maximum atomic E-state index is 12.0. The van der Waals surface area contributed by atoms with Crippen molar-refractivity contribution in [2.75, 3.05) is 12.4 Å². The molecule has 0 radical (unpaired) electrons. The molecule has 0 amide bonds. The fourth-order valence-corrected chi connectivity index (χ4v) is 4.31. The number of hydrogen-bond donors (Lipinski definition) is 2. The summed E-state index contributed by atoms with van der Waals surface area (Å²) in [4.78, 5) is 11.8. The lowest BCUT2D eigenvalue weighted by atomic mass is 10.0. The van der Waals surface area contributed by atoms with E-state index in [1.54, 1.807) is 0 Å². The first-order valence-corrected chi connectivity index (χ1v) is 10.8. The summed E-state index contributed by atoms with van der Waals surface area (Å²) in [6.07, 6.45) is 0. The molecule has 0 saturated heterocycles. The van der Waals surface area contributed by atoms with Gasteiger partial charge in [0.15, 0.2) is 0 Å². The molecule has 9 heteroatoms. The first-order valence-electron chi connectivity index (χ1n) is 8.40. The summed E-state index contributed by atoms with van der Waals surface area (Å²) in [6.45, 7) is 1.99. The second-order valence-corrected chi connectivity index (χ2v) is 9.01. The monoisotopic (exact) mass is 417 g/mol. The second kappa shape index (κ2) is 8.09. The number of hydrogen-bond acceptors (Lipinski definition) is 6. The van der Waals surface area contributed by atoms with E-state index in [1.807, 2.05) is 48.7 Å². The highest BCUT2D eigenvalue weighted by molar-refractivity contribution is 7.89. The maximum Gasteiger partial charge on any atom is 0.293 e. The van der Waals surface area contributed by atoms with Crippen LogP contribution < -0.4 is 10.0 Å². The minimum absolute atomic E-state index is 0.157. The zero-order valence-electron chi connectivity index (χ0n) is 15.2. The van der Waals surface area contributed by atoms with Crippen LogP contribution in [0, 0.1) is 17.0 Å². The number of nitro groups is 1. The third-order valence-corrected chi connectivity index (χ3v) is 6.63. The van der Waals surface area contributed by atoms with Gasteiger partial charge in [-0.3, -0.25) is 10.1 Å². The van der Waals surface area contributed by atoms with Gasteiger partial charge >= 0.3 is 0 Å². The molecule has 0 aliphatic carbocycles. The molecule has 3 aromatic rings. The molecule has 0 aliphatic heterocycles. The van der Waals surface area contributed by atoms with Crippen LogP contribution in [-0.2, 0) is 10.0 Å². The molecule has 7 nitrogen and oxygen atoms in total. The number of nitrogens with one attached hydrogen (secondary N) is 2. The molecular formula is C19H19N3O4S2. The lowest BCUT2D eigenvalue weighted by Gasteiger charge is -2.20. The molecule has 1 atom stereocenters. The first kappa shape index (κ1) is 20.0. The van der Waals surface area contributed by atoms with Gasteiger partial charge in [0.05, 0.1) is 15.9 Å². The Morgan fingerprint density at radius 2 is 1.82 bits per heavy atom.